The van der Waals surface area contributed by atoms with E-state index < -0.39 is 8.56 Å². The van der Waals surface area contributed by atoms with Crippen LogP contribution in [0, 0.1) is 0 Å². The fourth-order valence-electron chi connectivity index (χ4n) is 1.04. The summed E-state index contributed by atoms with van der Waals surface area (Å²) in [6.07, 6.45) is 3.17. The summed E-state index contributed by atoms with van der Waals surface area (Å²) in [5.41, 5.74) is 2.11. The monoisotopic (exact) mass is 188 g/mol. The van der Waals surface area contributed by atoms with Crippen LogP contribution in [0.15, 0.2) is 11.8 Å². The van der Waals surface area contributed by atoms with Gasteiger partial charge in [-0.05, 0) is 32.5 Å². The third kappa shape index (κ3) is 4.69. The van der Waals surface area contributed by atoms with E-state index in [1.807, 2.05) is 13.8 Å². The smallest absolute Gasteiger partial charge is 0.361 e. The third-order valence-electron chi connectivity index (χ3n) is 1.52. The molecule has 0 unspecified atom stereocenters. The molecule has 0 saturated heterocycles. The first-order valence-corrected chi connectivity index (χ1v) is 7.03. The van der Waals surface area contributed by atoms with Gasteiger partial charge in [0.25, 0.3) is 0 Å². The lowest BCUT2D eigenvalue weighted by molar-refractivity contribution is 0.201. The van der Waals surface area contributed by atoms with E-state index in [9.17, 15) is 0 Å². The van der Waals surface area contributed by atoms with Crippen LogP contribution in [0.4, 0.5) is 0 Å². The molecule has 0 aromatic heterocycles. The molecule has 0 heterocycles. The van der Waals surface area contributed by atoms with Gasteiger partial charge < -0.3 is 8.85 Å². The van der Waals surface area contributed by atoms with Gasteiger partial charge in [-0.3, -0.25) is 0 Å². The third-order valence-corrected chi connectivity index (χ3v) is 4.08. The van der Waals surface area contributed by atoms with Crippen LogP contribution in [0.25, 0.3) is 0 Å². The van der Waals surface area contributed by atoms with Gasteiger partial charge in [-0.15, -0.1) is 0 Å². The molecule has 0 aliphatic carbocycles. The summed E-state index contributed by atoms with van der Waals surface area (Å²) in [4.78, 5) is 0. The lowest BCUT2D eigenvalue weighted by Gasteiger charge is -2.21. The molecular weight excluding hydrogens is 168 g/mol. The molecule has 0 radical (unpaired) electrons. The van der Waals surface area contributed by atoms with Gasteiger partial charge in [0.15, 0.2) is 0 Å². The molecule has 3 heteroatoms. The lowest BCUT2D eigenvalue weighted by Crippen LogP contribution is -2.36. The number of allylic oxidation sites excluding steroid dienone is 1. The highest BCUT2D eigenvalue weighted by atomic mass is 28.4. The molecule has 0 fully saturated rings. The van der Waals surface area contributed by atoms with Crippen molar-refractivity contribution >= 4 is 8.56 Å². The highest BCUT2D eigenvalue weighted by molar-refractivity contribution is 6.71. The van der Waals surface area contributed by atoms with Crippen molar-refractivity contribution in [3.8, 4) is 0 Å². The molecule has 72 valence electrons. The van der Waals surface area contributed by atoms with Gasteiger partial charge >= 0.3 is 8.56 Å². The van der Waals surface area contributed by atoms with Crippen LogP contribution < -0.4 is 0 Å². The van der Waals surface area contributed by atoms with Gasteiger partial charge in [0.1, 0.15) is 0 Å². The van der Waals surface area contributed by atoms with Crippen LogP contribution in [0.2, 0.25) is 6.55 Å². The van der Waals surface area contributed by atoms with Crippen molar-refractivity contribution in [1.82, 2.24) is 0 Å². The fraction of sp³-hybridized carbons (Fsp3) is 0.778. The standard InChI is InChI=1S/C9H20O2Si/c1-5-8-9-12(4,10-6-2)11-7-3/h8-9H,5-7H2,1-4H3. The summed E-state index contributed by atoms with van der Waals surface area (Å²) in [7, 11) is -1.95. The first kappa shape index (κ1) is 11.9. The maximum Gasteiger partial charge on any atom is 0.361 e. The SMILES string of the molecule is CCC=C[Si](C)(OCC)OCC. The Morgan fingerprint density at radius 1 is 1.08 bits per heavy atom. The average molecular weight is 188 g/mol. The minimum absolute atomic E-state index is 0.733. The molecule has 0 spiro atoms. The second kappa shape index (κ2) is 6.40. The first-order chi connectivity index (χ1) is 5.68. The maximum atomic E-state index is 5.60. The van der Waals surface area contributed by atoms with Crippen molar-refractivity contribution in [2.75, 3.05) is 13.2 Å². The molecule has 12 heavy (non-hydrogen) atoms. The normalized spacial score (nSPS) is 12.7. The Morgan fingerprint density at radius 2 is 1.58 bits per heavy atom. The molecule has 0 atom stereocenters. The minimum Gasteiger partial charge on any atom is -0.392 e. The van der Waals surface area contributed by atoms with E-state index in [-0.39, 0.29) is 0 Å². The molecule has 0 aromatic carbocycles. The Bertz CT molecular complexity index is 128. The highest BCUT2D eigenvalue weighted by Gasteiger charge is 2.26. The van der Waals surface area contributed by atoms with Crippen LogP contribution in [0.1, 0.15) is 27.2 Å². The zero-order chi connectivity index (χ0) is 9.45. The van der Waals surface area contributed by atoms with Gasteiger partial charge in [0, 0.05) is 13.2 Å². The van der Waals surface area contributed by atoms with E-state index in [0.717, 1.165) is 19.6 Å². The number of hydrogen-bond donors (Lipinski definition) is 0. The van der Waals surface area contributed by atoms with Gasteiger partial charge in [-0.2, -0.15) is 0 Å². The topological polar surface area (TPSA) is 18.5 Å². The predicted molar refractivity (Wildman–Crippen MR) is 54.3 cm³/mol. The first-order valence-electron chi connectivity index (χ1n) is 4.64. The second-order valence-electron chi connectivity index (χ2n) is 2.69. The average Bonchev–Trinajstić information content (AvgIpc) is 2.02. The molecule has 0 saturated carbocycles. The summed E-state index contributed by atoms with van der Waals surface area (Å²) in [6.45, 7) is 9.66. The van der Waals surface area contributed by atoms with Crippen LogP contribution in [0.5, 0.6) is 0 Å². The summed E-state index contributed by atoms with van der Waals surface area (Å²) in [5, 5.41) is 0. The summed E-state index contributed by atoms with van der Waals surface area (Å²) >= 11 is 0. The minimum atomic E-state index is -1.95. The summed E-state index contributed by atoms with van der Waals surface area (Å²) in [6, 6.07) is 0. The van der Waals surface area contributed by atoms with Gasteiger partial charge in [0.05, 0.1) is 0 Å². The Hall–Kier alpha value is -0.123. The van der Waals surface area contributed by atoms with E-state index in [1.54, 1.807) is 0 Å². The van der Waals surface area contributed by atoms with Crippen molar-refractivity contribution in [1.29, 1.82) is 0 Å². The van der Waals surface area contributed by atoms with Crippen molar-refractivity contribution in [3.63, 3.8) is 0 Å². The van der Waals surface area contributed by atoms with E-state index in [1.165, 1.54) is 0 Å². The Morgan fingerprint density at radius 3 is 1.92 bits per heavy atom. The van der Waals surface area contributed by atoms with E-state index >= 15 is 0 Å². The molecule has 2 nitrogen and oxygen atoms in total. The zero-order valence-corrected chi connectivity index (χ0v) is 9.59. The van der Waals surface area contributed by atoms with Crippen LogP contribution in [-0.4, -0.2) is 21.8 Å². The van der Waals surface area contributed by atoms with Crippen molar-refractivity contribution in [2.24, 2.45) is 0 Å². The maximum absolute atomic E-state index is 5.60. The van der Waals surface area contributed by atoms with Gasteiger partial charge in [-0.25, -0.2) is 0 Å². The van der Waals surface area contributed by atoms with Crippen molar-refractivity contribution in [3.05, 3.63) is 11.8 Å². The molecule has 0 amide bonds. The summed E-state index contributed by atoms with van der Waals surface area (Å²) in [5.74, 6) is 0. The van der Waals surface area contributed by atoms with E-state index in [4.69, 9.17) is 8.85 Å². The number of hydrogen-bond acceptors (Lipinski definition) is 2. The largest absolute Gasteiger partial charge is 0.392 e. The lowest BCUT2D eigenvalue weighted by atomic mass is 10.5. The van der Waals surface area contributed by atoms with Crippen molar-refractivity contribution < 1.29 is 8.85 Å². The molecule has 0 aliphatic heterocycles. The van der Waals surface area contributed by atoms with Crippen LogP contribution >= 0.6 is 0 Å². The second-order valence-corrected chi connectivity index (χ2v) is 5.64. The zero-order valence-electron chi connectivity index (χ0n) is 8.59. The van der Waals surface area contributed by atoms with Gasteiger partial charge in [0.2, 0.25) is 0 Å². The Balaban J connectivity index is 4.06. The molecular formula is C9H20O2Si. The van der Waals surface area contributed by atoms with Crippen molar-refractivity contribution in [2.45, 2.75) is 33.7 Å². The molecule has 0 N–H and O–H groups in total. The number of rotatable bonds is 6. The summed E-state index contributed by atoms with van der Waals surface area (Å²) < 4.78 is 11.2. The van der Waals surface area contributed by atoms with Gasteiger partial charge in [-0.1, -0.05) is 13.0 Å². The van der Waals surface area contributed by atoms with E-state index in [2.05, 4.69) is 25.2 Å². The van der Waals surface area contributed by atoms with Crippen LogP contribution in [-0.2, 0) is 8.85 Å². The molecule has 0 bridgehead atoms. The Labute approximate surface area is 76.8 Å². The van der Waals surface area contributed by atoms with E-state index in [0.29, 0.717) is 0 Å². The Kier molecular flexibility index (Phi) is 6.33. The predicted octanol–water partition coefficient (Wildman–Crippen LogP) is 2.64. The quantitative estimate of drug-likeness (QED) is 0.597. The van der Waals surface area contributed by atoms with Crippen LogP contribution in [0.3, 0.4) is 0 Å². The molecule has 0 aromatic rings. The fourth-order valence-corrected chi connectivity index (χ4v) is 3.13. The molecule has 0 rings (SSSR count). The highest BCUT2D eigenvalue weighted by Crippen LogP contribution is 2.09. The molecule has 0 aliphatic rings.